The summed E-state index contributed by atoms with van der Waals surface area (Å²) in [7, 11) is -4.20. The van der Waals surface area contributed by atoms with E-state index in [1.54, 1.807) is 12.1 Å². The average molecular weight is 528 g/mol. The molecule has 1 unspecified atom stereocenters. The minimum absolute atomic E-state index is 0.119. The molecule has 0 bridgehead atoms. The maximum absolute atomic E-state index is 12.2. The lowest BCUT2D eigenvalue weighted by molar-refractivity contribution is 0.0476. The topological polar surface area (TPSA) is 139 Å². The number of aryl methyl sites for hydroxylation is 1. The van der Waals surface area contributed by atoms with E-state index < -0.39 is 27.4 Å². The quantitative estimate of drug-likeness (QED) is 0.485. The Morgan fingerprint density at radius 3 is 2.43 bits per heavy atom. The molecule has 1 heterocycles. The molecule has 0 saturated heterocycles. The first-order chi connectivity index (χ1) is 17.3. The number of fused-ring (bicyclic) bond motifs is 1. The molecule has 2 aromatic rings. The van der Waals surface area contributed by atoms with Crippen LogP contribution in [0.3, 0.4) is 0 Å². The summed E-state index contributed by atoms with van der Waals surface area (Å²) < 4.78 is 43.1. The molecule has 1 aromatic carbocycles. The Kier molecular flexibility index (Phi) is 7.23. The third kappa shape index (κ3) is 6.59. The van der Waals surface area contributed by atoms with Crippen LogP contribution in [0.15, 0.2) is 29.2 Å². The van der Waals surface area contributed by atoms with Crippen LogP contribution in [0.5, 0.6) is 5.88 Å². The fraction of sp³-hybridized carbons (Fsp3) is 0.519. The van der Waals surface area contributed by atoms with E-state index in [1.807, 2.05) is 27.7 Å². The molecule has 2 N–H and O–H groups in total. The second-order valence-electron chi connectivity index (χ2n) is 11.1. The number of aromatic nitrogens is 1. The summed E-state index contributed by atoms with van der Waals surface area (Å²) in [6.07, 6.45) is 4.27. The van der Waals surface area contributed by atoms with Crippen molar-refractivity contribution < 1.29 is 27.2 Å². The molecule has 1 aromatic heterocycles. The van der Waals surface area contributed by atoms with Crippen molar-refractivity contribution in [2.24, 2.45) is 5.92 Å². The van der Waals surface area contributed by atoms with Crippen LogP contribution in [-0.2, 0) is 34.1 Å². The van der Waals surface area contributed by atoms with Gasteiger partial charge in [-0.3, -0.25) is 4.55 Å². The van der Waals surface area contributed by atoms with Gasteiger partial charge in [0.05, 0.1) is 10.4 Å². The fourth-order valence-corrected chi connectivity index (χ4v) is 5.20. The number of nitrogens with one attached hydrogen (secondary N) is 1. The molecular formula is C27H33N3O6S. The highest BCUT2D eigenvalue weighted by atomic mass is 32.2. The normalized spacial score (nSPS) is 18.0. The number of carbonyl (C=O) groups excluding carboxylic acids is 1. The van der Waals surface area contributed by atoms with Gasteiger partial charge in [0.2, 0.25) is 5.88 Å². The molecule has 2 aliphatic rings. The van der Waals surface area contributed by atoms with E-state index in [9.17, 15) is 18.5 Å². The third-order valence-corrected chi connectivity index (χ3v) is 7.76. The van der Waals surface area contributed by atoms with E-state index in [0.717, 1.165) is 60.8 Å². The van der Waals surface area contributed by atoms with Crippen molar-refractivity contribution >= 4 is 16.2 Å². The first kappa shape index (κ1) is 26.9. The van der Waals surface area contributed by atoms with Crippen molar-refractivity contribution in [3.63, 3.8) is 0 Å². The Morgan fingerprint density at radius 1 is 1.22 bits per heavy atom. The van der Waals surface area contributed by atoms with Crippen LogP contribution < -0.4 is 10.1 Å². The van der Waals surface area contributed by atoms with Crippen molar-refractivity contribution in [2.45, 2.75) is 82.3 Å². The number of pyridine rings is 1. The Morgan fingerprint density at radius 2 is 1.86 bits per heavy atom. The van der Waals surface area contributed by atoms with Gasteiger partial charge in [0.1, 0.15) is 24.0 Å². The molecule has 9 nitrogen and oxygen atoms in total. The van der Waals surface area contributed by atoms with E-state index in [0.29, 0.717) is 17.5 Å². The molecule has 1 saturated carbocycles. The molecule has 37 heavy (non-hydrogen) atoms. The number of hydrogen-bond donors (Lipinski definition) is 2. The largest absolute Gasteiger partial charge is 0.475 e. The van der Waals surface area contributed by atoms with Crippen LogP contribution >= 0.6 is 0 Å². The monoisotopic (exact) mass is 527 g/mol. The summed E-state index contributed by atoms with van der Waals surface area (Å²) in [4.78, 5) is 16.6. The summed E-state index contributed by atoms with van der Waals surface area (Å²) in [6, 6.07) is 8.46. The molecule has 1 fully saturated rings. The highest BCUT2D eigenvalue weighted by molar-refractivity contribution is 7.85. The molecular weight excluding hydrogens is 494 g/mol. The molecule has 1 amide bonds. The van der Waals surface area contributed by atoms with Gasteiger partial charge in [0.15, 0.2) is 0 Å². The Hall–Kier alpha value is -3.16. The number of alkyl carbamates (subject to hydrolysis) is 1. The number of hydrogen-bond acceptors (Lipinski definition) is 7. The molecule has 10 heteroatoms. The zero-order valence-corrected chi connectivity index (χ0v) is 22.4. The molecule has 0 radical (unpaired) electrons. The molecule has 0 aliphatic heterocycles. The molecule has 0 spiro atoms. The summed E-state index contributed by atoms with van der Waals surface area (Å²) >= 11 is 0. The summed E-state index contributed by atoms with van der Waals surface area (Å²) in [5.41, 5.74) is 3.28. The Balaban J connectivity index is 1.39. The predicted molar refractivity (Wildman–Crippen MR) is 136 cm³/mol. The standard InChI is InChI=1S/C27H33N3O6S/c1-17-21-13-19(6-5-18-7-9-20(10-8-18)37(32,33)34)14-22(21)23(15-28)29-24(17)35-16-27(11-12-27)30-25(31)36-26(2,3)4/h7-10,19H,5-6,11-14,16H2,1-4H3,(H,30,31)(H,32,33,34). The lowest BCUT2D eigenvalue weighted by Crippen LogP contribution is -2.44. The van der Waals surface area contributed by atoms with Gasteiger partial charge in [0, 0.05) is 5.56 Å². The Bertz CT molecular complexity index is 1340. The predicted octanol–water partition coefficient (Wildman–Crippen LogP) is 4.29. The minimum atomic E-state index is -4.20. The second-order valence-corrected chi connectivity index (χ2v) is 12.5. The van der Waals surface area contributed by atoms with Gasteiger partial charge in [-0.15, -0.1) is 0 Å². The maximum Gasteiger partial charge on any atom is 0.408 e. The minimum Gasteiger partial charge on any atom is -0.475 e. The molecule has 1 atom stereocenters. The second kappa shape index (κ2) is 9.95. The van der Waals surface area contributed by atoms with Crippen LogP contribution in [0, 0.1) is 24.2 Å². The highest BCUT2D eigenvalue weighted by Crippen LogP contribution is 2.39. The Labute approximate surface area is 217 Å². The number of nitriles is 1. The number of nitrogens with zero attached hydrogens (tertiary/aromatic N) is 2. The number of amides is 1. The van der Waals surface area contributed by atoms with E-state index in [2.05, 4.69) is 16.4 Å². The van der Waals surface area contributed by atoms with Crippen molar-refractivity contribution in [3.8, 4) is 11.9 Å². The average Bonchev–Trinajstić information content (AvgIpc) is 3.42. The van der Waals surface area contributed by atoms with Crippen LogP contribution in [0.25, 0.3) is 0 Å². The zero-order valence-electron chi connectivity index (χ0n) is 21.6. The van der Waals surface area contributed by atoms with Crippen LogP contribution in [0.2, 0.25) is 0 Å². The van der Waals surface area contributed by atoms with Crippen molar-refractivity contribution in [3.05, 3.63) is 52.2 Å². The molecule has 198 valence electrons. The molecule has 4 rings (SSSR count). The highest BCUT2D eigenvalue weighted by Gasteiger charge is 2.46. The summed E-state index contributed by atoms with van der Waals surface area (Å²) in [5, 5.41) is 12.7. The number of benzene rings is 1. The maximum atomic E-state index is 12.2. The van der Waals surface area contributed by atoms with Crippen molar-refractivity contribution in [2.75, 3.05) is 6.61 Å². The van der Waals surface area contributed by atoms with Gasteiger partial charge in [-0.2, -0.15) is 13.7 Å². The third-order valence-electron chi connectivity index (χ3n) is 6.90. The zero-order chi connectivity index (χ0) is 27.0. The van der Waals surface area contributed by atoms with Crippen molar-refractivity contribution in [1.82, 2.24) is 10.3 Å². The SMILES string of the molecule is Cc1c(OCC2(NC(=O)OC(C)(C)C)CC2)nc(C#N)c2c1CC(CCc1ccc(S(=O)(=O)O)cc1)C2. The van der Waals surface area contributed by atoms with Crippen LogP contribution in [-0.4, -0.2) is 41.8 Å². The van der Waals surface area contributed by atoms with E-state index in [-0.39, 0.29) is 11.5 Å². The lowest BCUT2D eigenvalue weighted by Gasteiger charge is -2.23. The first-order valence-electron chi connectivity index (χ1n) is 12.4. The van der Waals surface area contributed by atoms with E-state index >= 15 is 0 Å². The van der Waals surface area contributed by atoms with Gasteiger partial charge in [-0.25, -0.2) is 9.78 Å². The molecule has 2 aliphatic carbocycles. The van der Waals surface area contributed by atoms with Gasteiger partial charge in [-0.1, -0.05) is 12.1 Å². The number of carbonyl (C=O) groups is 1. The summed E-state index contributed by atoms with van der Waals surface area (Å²) in [5.74, 6) is 0.747. The first-order valence-corrected chi connectivity index (χ1v) is 13.9. The van der Waals surface area contributed by atoms with Gasteiger partial charge in [-0.05, 0) is 101 Å². The van der Waals surface area contributed by atoms with Crippen LogP contribution in [0.4, 0.5) is 4.79 Å². The smallest absolute Gasteiger partial charge is 0.408 e. The van der Waals surface area contributed by atoms with E-state index in [1.165, 1.54) is 12.1 Å². The number of ether oxygens (including phenoxy) is 2. The van der Waals surface area contributed by atoms with Gasteiger partial charge in [0.25, 0.3) is 10.1 Å². The number of rotatable bonds is 8. The van der Waals surface area contributed by atoms with E-state index in [4.69, 9.17) is 14.0 Å². The lowest BCUT2D eigenvalue weighted by atomic mass is 9.96. The van der Waals surface area contributed by atoms with Gasteiger partial charge < -0.3 is 14.8 Å². The van der Waals surface area contributed by atoms with Crippen LogP contribution in [0.1, 0.15) is 68.0 Å². The van der Waals surface area contributed by atoms with Gasteiger partial charge >= 0.3 is 6.09 Å². The van der Waals surface area contributed by atoms with Crippen molar-refractivity contribution in [1.29, 1.82) is 5.26 Å². The fourth-order valence-electron chi connectivity index (χ4n) is 4.72. The summed E-state index contributed by atoms with van der Waals surface area (Å²) in [6.45, 7) is 7.66.